The van der Waals surface area contributed by atoms with Crippen LogP contribution < -0.4 is 10.7 Å². The minimum atomic E-state index is -4.58. The second-order valence-corrected chi connectivity index (χ2v) is 10.7. The van der Waals surface area contributed by atoms with Crippen molar-refractivity contribution < 1.29 is 26.4 Å². The molecule has 0 aliphatic rings. The van der Waals surface area contributed by atoms with Crippen LogP contribution >= 0.6 is 0 Å². The highest BCUT2D eigenvalue weighted by Gasteiger charge is 2.31. The van der Waals surface area contributed by atoms with Crippen LogP contribution in [0.4, 0.5) is 13.2 Å². The van der Waals surface area contributed by atoms with Crippen LogP contribution in [-0.2, 0) is 22.6 Å². The van der Waals surface area contributed by atoms with Gasteiger partial charge in [0.1, 0.15) is 5.56 Å². The summed E-state index contributed by atoms with van der Waals surface area (Å²) in [6, 6.07) is 10.3. The summed E-state index contributed by atoms with van der Waals surface area (Å²) in [5.41, 5.74) is -0.564. The third kappa shape index (κ3) is 5.87. The normalized spacial score (nSPS) is 12.9. The number of hydrogen-bond donors (Lipinski definition) is 1. The molecule has 0 spiro atoms. The average Bonchev–Trinajstić information content (AvgIpc) is 2.81. The summed E-state index contributed by atoms with van der Waals surface area (Å²) in [5, 5.41) is 2.65. The van der Waals surface area contributed by atoms with Gasteiger partial charge in [-0.15, -0.1) is 0 Å². The molecule has 0 saturated carbocycles. The predicted molar refractivity (Wildman–Crippen MR) is 132 cm³/mol. The van der Waals surface area contributed by atoms with Crippen LogP contribution in [0.1, 0.15) is 53.5 Å². The van der Waals surface area contributed by atoms with Gasteiger partial charge in [-0.2, -0.15) is 13.2 Å². The smallest absolute Gasteiger partial charge is 0.348 e. The van der Waals surface area contributed by atoms with Gasteiger partial charge in [-0.3, -0.25) is 9.59 Å². The van der Waals surface area contributed by atoms with Gasteiger partial charge in [0.2, 0.25) is 5.43 Å². The van der Waals surface area contributed by atoms with Crippen LogP contribution in [0.25, 0.3) is 11.1 Å². The van der Waals surface area contributed by atoms with E-state index in [1.165, 1.54) is 30.5 Å². The minimum Gasteiger partial charge on any atom is -0.348 e. The van der Waals surface area contributed by atoms with Gasteiger partial charge in [0.25, 0.3) is 5.91 Å². The fraction of sp³-hybridized carbons (Fsp3) is 0.308. The molecule has 3 aromatic rings. The molecule has 1 N–H and O–H groups in total. The molecule has 1 unspecified atom stereocenters. The van der Waals surface area contributed by atoms with E-state index in [0.29, 0.717) is 17.7 Å². The van der Waals surface area contributed by atoms with E-state index in [4.69, 9.17) is 0 Å². The number of hydrogen-bond acceptors (Lipinski definition) is 4. The fourth-order valence-electron chi connectivity index (χ4n) is 3.86. The SMILES string of the molecule is CCC(C)n1cc(C(=O)NCc2ccc(S(C)(=O)=O)cc2)c(=O)c(-c2cccc(C(F)(F)F)c2)c1C. The molecule has 36 heavy (non-hydrogen) atoms. The Morgan fingerprint density at radius 1 is 1.11 bits per heavy atom. The molecule has 1 aromatic heterocycles. The van der Waals surface area contributed by atoms with Crippen molar-refractivity contribution in [3.63, 3.8) is 0 Å². The van der Waals surface area contributed by atoms with E-state index in [0.717, 1.165) is 18.4 Å². The molecule has 192 valence electrons. The van der Waals surface area contributed by atoms with Gasteiger partial charge in [-0.05, 0) is 55.7 Å². The highest BCUT2D eigenvalue weighted by Crippen LogP contribution is 2.32. The van der Waals surface area contributed by atoms with E-state index < -0.39 is 32.9 Å². The zero-order valence-corrected chi connectivity index (χ0v) is 21.1. The average molecular weight is 521 g/mol. The first-order chi connectivity index (χ1) is 16.7. The van der Waals surface area contributed by atoms with Crippen molar-refractivity contribution in [1.82, 2.24) is 9.88 Å². The Hall–Kier alpha value is -3.40. The Balaban J connectivity index is 2.03. The molecule has 10 heteroatoms. The molecule has 1 amide bonds. The minimum absolute atomic E-state index is 0.0262. The zero-order valence-electron chi connectivity index (χ0n) is 20.3. The standard InChI is InChI=1S/C26H27F3N2O4S/c1-5-16(2)31-15-22(25(33)30-14-18-9-11-21(12-10-18)36(4,34)35)24(32)23(17(31)3)19-7-6-8-20(13-19)26(27,28)29/h6-13,15-16H,5,14H2,1-4H3,(H,30,33). The molecular formula is C26H27F3N2O4S. The van der Waals surface area contributed by atoms with E-state index in [1.807, 2.05) is 13.8 Å². The van der Waals surface area contributed by atoms with E-state index in [1.54, 1.807) is 23.6 Å². The molecule has 0 radical (unpaired) electrons. The maximum atomic E-state index is 13.4. The number of amides is 1. The number of carbonyl (C=O) groups is 1. The maximum absolute atomic E-state index is 13.4. The number of alkyl halides is 3. The molecule has 1 atom stereocenters. The quantitative estimate of drug-likeness (QED) is 0.467. The highest BCUT2D eigenvalue weighted by molar-refractivity contribution is 7.90. The molecule has 0 aliphatic heterocycles. The van der Waals surface area contributed by atoms with Crippen molar-refractivity contribution in [2.45, 2.75) is 50.9 Å². The molecule has 6 nitrogen and oxygen atoms in total. The number of pyridine rings is 1. The Kier molecular flexibility index (Phi) is 7.78. The lowest BCUT2D eigenvalue weighted by Gasteiger charge is -2.22. The first-order valence-electron chi connectivity index (χ1n) is 11.2. The molecular weight excluding hydrogens is 493 g/mol. The maximum Gasteiger partial charge on any atom is 0.416 e. The third-order valence-corrected chi connectivity index (χ3v) is 7.21. The van der Waals surface area contributed by atoms with Gasteiger partial charge < -0.3 is 9.88 Å². The molecule has 2 aromatic carbocycles. The first-order valence-corrected chi connectivity index (χ1v) is 13.1. The van der Waals surface area contributed by atoms with Gasteiger partial charge in [-0.1, -0.05) is 31.2 Å². The lowest BCUT2D eigenvalue weighted by atomic mass is 9.98. The lowest BCUT2D eigenvalue weighted by Crippen LogP contribution is -2.31. The summed E-state index contributed by atoms with van der Waals surface area (Å²) in [4.78, 5) is 26.6. The third-order valence-electron chi connectivity index (χ3n) is 6.08. The van der Waals surface area contributed by atoms with Crippen LogP contribution in [0.2, 0.25) is 0 Å². The first kappa shape index (κ1) is 27.2. The summed E-state index contributed by atoms with van der Waals surface area (Å²) < 4.78 is 65.0. The Morgan fingerprint density at radius 3 is 2.31 bits per heavy atom. The number of sulfone groups is 1. The highest BCUT2D eigenvalue weighted by atomic mass is 32.2. The Labute approximate surface area is 207 Å². The van der Waals surface area contributed by atoms with Gasteiger partial charge in [-0.25, -0.2) is 8.42 Å². The number of nitrogens with one attached hydrogen (secondary N) is 1. The second kappa shape index (κ2) is 10.3. The Bertz CT molecular complexity index is 1440. The monoisotopic (exact) mass is 520 g/mol. The van der Waals surface area contributed by atoms with Crippen LogP contribution in [0, 0.1) is 6.92 Å². The van der Waals surface area contributed by atoms with Crippen molar-refractivity contribution in [1.29, 1.82) is 0 Å². The largest absolute Gasteiger partial charge is 0.416 e. The van der Waals surface area contributed by atoms with Crippen LogP contribution in [-0.4, -0.2) is 25.1 Å². The van der Waals surface area contributed by atoms with Gasteiger partial charge in [0.15, 0.2) is 9.84 Å². The summed E-state index contributed by atoms with van der Waals surface area (Å²) >= 11 is 0. The molecule has 1 heterocycles. The van der Waals surface area contributed by atoms with Crippen LogP contribution in [0.3, 0.4) is 0 Å². The second-order valence-electron chi connectivity index (χ2n) is 8.67. The van der Waals surface area contributed by atoms with Crippen molar-refractivity contribution in [3.05, 3.63) is 87.3 Å². The molecule has 0 aliphatic carbocycles. The molecule has 0 bridgehead atoms. The van der Waals surface area contributed by atoms with Crippen LogP contribution in [0.5, 0.6) is 0 Å². The van der Waals surface area contributed by atoms with E-state index in [2.05, 4.69) is 5.32 Å². The molecule has 0 fully saturated rings. The van der Waals surface area contributed by atoms with E-state index in [9.17, 15) is 31.2 Å². The van der Waals surface area contributed by atoms with Crippen molar-refractivity contribution >= 4 is 15.7 Å². The Morgan fingerprint density at radius 2 is 1.75 bits per heavy atom. The summed E-state index contributed by atoms with van der Waals surface area (Å²) in [7, 11) is -3.36. The number of rotatable bonds is 7. The number of aromatic nitrogens is 1. The lowest BCUT2D eigenvalue weighted by molar-refractivity contribution is -0.137. The number of nitrogens with zero attached hydrogens (tertiary/aromatic N) is 1. The number of carbonyl (C=O) groups excluding carboxylic acids is 1. The molecule has 0 saturated heterocycles. The zero-order chi connectivity index (χ0) is 26.8. The van der Waals surface area contributed by atoms with Gasteiger partial charge in [0.05, 0.1) is 10.5 Å². The number of benzene rings is 2. The van der Waals surface area contributed by atoms with Crippen molar-refractivity contribution in [3.8, 4) is 11.1 Å². The van der Waals surface area contributed by atoms with Gasteiger partial charge in [0, 0.05) is 36.3 Å². The fourth-order valence-corrected chi connectivity index (χ4v) is 4.49. The topological polar surface area (TPSA) is 85.2 Å². The van der Waals surface area contributed by atoms with E-state index >= 15 is 0 Å². The summed E-state index contributed by atoms with van der Waals surface area (Å²) in [6.07, 6.45) is -1.39. The van der Waals surface area contributed by atoms with Crippen molar-refractivity contribution in [2.75, 3.05) is 6.26 Å². The van der Waals surface area contributed by atoms with Crippen molar-refractivity contribution in [2.24, 2.45) is 0 Å². The predicted octanol–water partition coefficient (Wildman–Crippen LogP) is 5.15. The summed E-state index contributed by atoms with van der Waals surface area (Å²) in [5.74, 6) is -0.683. The molecule has 3 rings (SSSR count). The summed E-state index contributed by atoms with van der Waals surface area (Å²) in [6.45, 7) is 5.48. The van der Waals surface area contributed by atoms with Gasteiger partial charge >= 0.3 is 6.18 Å². The van der Waals surface area contributed by atoms with Crippen LogP contribution in [0.15, 0.2) is 64.4 Å². The number of halogens is 3. The van der Waals surface area contributed by atoms with E-state index in [-0.39, 0.29) is 34.2 Å².